The topological polar surface area (TPSA) is 267 Å². The summed E-state index contributed by atoms with van der Waals surface area (Å²) in [4.78, 5) is 44.2. The van der Waals surface area contributed by atoms with Crippen molar-refractivity contribution >= 4 is 235 Å². The average molecular weight is 2070 g/mol. The minimum Gasteiger partial charge on any atom is -0.397 e. The van der Waals surface area contributed by atoms with Gasteiger partial charge in [0.2, 0.25) is 0 Å². The summed E-state index contributed by atoms with van der Waals surface area (Å²) in [6.45, 7) is 12.7. The highest BCUT2D eigenvalue weighted by atomic mass is 32.2. The fourth-order valence-corrected chi connectivity index (χ4v) is 31.3. The Hall–Kier alpha value is -10.3. The van der Waals surface area contributed by atoms with Crippen LogP contribution in [0.1, 0.15) is 112 Å². The van der Waals surface area contributed by atoms with Gasteiger partial charge in [-0.15, -0.1) is 114 Å². The first-order valence-corrected chi connectivity index (χ1v) is 59.8. The van der Waals surface area contributed by atoms with E-state index in [9.17, 15) is 21.0 Å². The van der Waals surface area contributed by atoms with E-state index in [1.807, 2.05) is 211 Å². The average Bonchev–Trinajstić information content (AvgIpc) is 1.62. The lowest BCUT2D eigenvalue weighted by molar-refractivity contribution is 0.594. The fourth-order valence-electron chi connectivity index (χ4n) is 14.3. The Morgan fingerprint density at radius 2 is 0.825 bits per heavy atom. The molecule has 0 spiro atoms. The van der Waals surface area contributed by atoms with Crippen LogP contribution in [0.15, 0.2) is 309 Å². The van der Waals surface area contributed by atoms with Gasteiger partial charge in [0.15, 0.2) is 20.7 Å². The number of unbranched alkanes of at least 4 members (excludes halogenated alkanes) is 5. The minimum absolute atomic E-state index is 0.210. The van der Waals surface area contributed by atoms with E-state index < -0.39 is 42.2 Å². The van der Waals surface area contributed by atoms with Crippen molar-refractivity contribution < 1.29 is 21.0 Å². The van der Waals surface area contributed by atoms with Gasteiger partial charge in [-0.3, -0.25) is 12.6 Å². The van der Waals surface area contributed by atoms with E-state index in [1.54, 1.807) is 46.3 Å². The molecule has 137 heavy (non-hydrogen) atoms. The van der Waals surface area contributed by atoms with Crippen LogP contribution in [-0.4, -0.2) is 95.4 Å². The van der Waals surface area contributed by atoms with Gasteiger partial charge in [-0.1, -0.05) is 262 Å². The lowest BCUT2D eigenvalue weighted by atomic mass is 10.0. The summed E-state index contributed by atoms with van der Waals surface area (Å²) >= 11 is 16.2. The SMILES string of the molecule is CCCCS(=O)(=O)c1cc2ccc(-c3ccccc3)nc2s1.CCCCS(=O)c1cc2ccc(-c3ccccc3)nc2s1.CCCCS(=O)c1sc2nc(-c3nccs3)nc(-c3ccccc3)c2c1N.CCCCSc1cc2ccc(-c3ccccc3)nc2s1.CCCCSc1sc2nc(-c3ccccc3)ccc2c1N.CCCS(=O)c1sc2nc(-c3cccs3)cc(-c3ccccc3)c2c1N. The number of hydrogen-bond acceptors (Lipinski definition) is 26. The molecule has 16 nitrogen and oxygen atoms in total. The third-order valence-corrected chi connectivity index (χ3v) is 40.5. The predicted molar refractivity (Wildman–Crippen MR) is 598 cm³/mol. The number of pyridine rings is 5. The number of aromatic nitrogens is 8. The molecular formula is C107H105N11O5S14. The van der Waals surface area contributed by atoms with E-state index in [2.05, 4.69) is 152 Å². The second-order valence-electron chi connectivity index (χ2n) is 31.7. The molecule has 3 unspecified atom stereocenters. The molecule has 14 aromatic heterocycles. The zero-order chi connectivity index (χ0) is 95.6. The largest absolute Gasteiger partial charge is 0.397 e. The molecular weight excluding hydrogens is 1970 g/mol. The summed E-state index contributed by atoms with van der Waals surface area (Å²) in [5.41, 5.74) is 34.4. The van der Waals surface area contributed by atoms with Crippen molar-refractivity contribution in [2.45, 2.75) is 137 Å². The summed E-state index contributed by atoms with van der Waals surface area (Å²) in [5, 5.41) is 10.7. The maximum atomic E-state index is 12.7. The molecule has 3 atom stereocenters. The fraction of sp³-hybridized carbons (Fsp3) is 0.215. The van der Waals surface area contributed by atoms with Crippen LogP contribution >= 0.6 is 114 Å². The number of rotatable bonds is 31. The van der Waals surface area contributed by atoms with Crippen molar-refractivity contribution in [3.8, 4) is 88.8 Å². The van der Waals surface area contributed by atoms with Crippen LogP contribution in [0.2, 0.25) is 0 Å². The van der Waals surface area contributed by atoms with E-state index in [-0.39, 0.29) is 5.75 Å². The highest BCUT2D eigenvalue weighted by Gasteiger charge is 2.26. The standard InChI is InChI=1S/C20H18N2OS3.C19H18N4OS3.C17H18N2S2.C17H17NO2S2.C17H17NOS2.C17H17NS2/c1-2-11-26(23)20-18(21)17-14(13-7-4-3-5-8-13)12-15(22-19(17)25-20)16-9-6-10-24-16;1-2-3-11-27(24)19-14(20)13-15(12-7-5-4-6-8-12)22-16(23-17(13)26-19)18-21-9-10-25-18;1-2-3-11-20-17-15(18)13-9-10-14(19-16(13)21-17)12-7-5-4-6-8-12;1-2-3-11-22(19,20)16-12-14-9-10-15(18-17(14)21-16)13-7-5-4-6-8-13;1-2-3-11-21(19)16-12-14-9-10-15(18-17(14)20-16)13-7-5-4-6-8-13;1-2-3-11-19-16-12-14-9-10-15(18-17(14)20-16)13-7-5-4-6-8-13/h3-10,12H,2,11,21H2,1H3;4-10H,2-3,11,20H2,1H3;4-10H,2-3,11,18H2,1H3;4-10,12H,2-3,11H2,1H3;4-10,12H,2-3,11H2,1H3;4-10,12H,2-3,11H2,1H3. The number of anilines is 3. The molecule has 0 aliphatic rings. The lowest BCUT2D eigenvalue weighted by Gasteiger charge is -2.07. The maximum Gasteiger partial charge on any atom is 0.190 e. The van der Waals surface area contributed by atoms with Crippen molar-refractivity contribution in [3.63, 3.8) is 0 Å². The molecule has 0 amide bonds. The normalized spacial score (nSPS) is 12.0. The maximum absolute atomic E-state index is 12.7. The van der Waals surface area contributed by atoms with Gasteiger partial charge in [0, 0.05) is 83.6 Å². The van der Waals surface area contributed by atoms with Crippen molar-refractivity contribution in [1.29, 1.82) is 0 Å². The van der Waals surface area contributed by atoms with Crippen LogP contribution in [-0.2, 0) is 42.2 Å². The molecule has 0 fully saturated rings. The van der Waals surface area contributed by atoms with Crippen molar-refractivity contribution in [2.24, 2.45) is 0 Å². The van der Waals surface area contributed by atoms with E-state index in [1.165, 1.54) is 96.2 Å². The predicted octanol–water partition coefficient (Wildman–Crippen LogP) is 31.5. The van der Waals surface area contributed by atoms with E-state index in [4.69, 9.17) is 42.1 Å². The number of thiazole rings is 1. The first kappa shape index (κ1) is 101. The molecule has 0 saturated carbocycles. The Morgan fingerprint density at radius 3 is 1.35 bits per heavy atom. The number of fused-ring (bicyclic) bond motifs is 6. The molecule has 0 bridgehead atoms. The Labute approximate surface area is 849 Å². The monoisotopic (exact) mass is 2070 g/mol. The molecule has 6 aromatic carbocycles. The van der Waals surface area contributed by atoms with Crippen molar-refractivity contribution in [3.05, 3.63) is 284 Å². The number of hydrogen-bond donors (Lipinski definition) is 3. The Bertz CT molecular complexity index is 7530. The summed E-state index contributed by atoms with van der Waals surface area (Å²) in [7, 11) is -6.27. The highest BCUT2D eigenvalue weighted by Crippen LogP contribution is 2.47. The zero-order valence-electron chi connectivity index (χ0n) is 76.7. The summed E-state index contributed by atoms with van der Waals surface area (Å²) in [5.74, 6) is 5.09. The molecule has 6 N–H and O–H groups in total. The van der Waals surface area contributed by atoms with Crippen LogP contribution in [0.4, 0.5) is 17.1 Å². The molecule has 0 radical (unpaired) electrons. The van der Waals surface area contributed by atoms with Crippen molar-refractivity contribution in [1.82, 2.24) is 39.9 Å². The van der Waals surface area contributed by atoms with Crippen LogP contribution in [0.5, 0.6) is 0 Å². The van der Waals surface area contributed by atoms with Gasteiger partial charge in [0.25, 0.3) is 0 Å². The third-order valence-electron chi connectivity index (χ3n) is 21.6. The van der Waals surface area contributed by atoms with E-state index >= 15 is 0 Å². The number of nitrogen functional groups attached to an aromatic ring is 3. The highest BCUT2D eigenvalue weighted by molar-refractivity contribution is 8.01. The summed E-state index contributed by atoms with van der Waals surface area (Å²) in [6.07, 6.45) is 13.1. The molecule has 702 valence electrons. The van der Waals surface area contributed by atoms with Crippen LogP contribution in [0.3, 0.4) is 0 Å². The third kappa shape index (κ3) is 26.1. The van der Waals surface area contributed by atoms with Gasteiger partial charge in [-0.25, -0.2) is 48.3 Å². The molecule has 14 heterocycles. The second-order valence-corrected chi connectivity index (χ2v) is 50.0. The Balaban J connectivity index is 0.000000125. The van der Waals surface area contributed by atoms with Gasteiger partial charge < -0.3 is 17.2 Å². The zero-order valence-corrected chi connectivity index (χ0v) is 88.2. The Morgan fingerprint density at radius 1 is 0.358 bits per heavy atom. The number of nitrogens with two attached hydrogens (primary N) is 3. The first-order chi connectivity index (χ1) is 66.9. The minimum atomic E-state index is -3.18. The van der Waals surface area contributed by atoms with Gasteiger partial charge in [0.1, 0.15) is 41.6 Å². The number of benzene rings is 6. The number of sulfone groups is 1. The molecule has 0 aliphatic carbocycles. The molecule has 20 aromatic rings. The van der Waals surface area contributed by atoms with Crippen LogP contribution in [0, 0.1) is 0 Å². The van der Waals surface area contributed by atoms with Gasteiger partial charge >= 0.3 is 0 Å². The second kappa shape index (κ2) is 50.0. The van der Waals surface area contributed by atoms with Crippen molar-refractivity contribution in [2.75, 3.05) is 51.7 Å². The molecule has 20 rings (SSSR count). The number of thioether (sulfide) groups is 2. The first-order valence-electron chi connectivity index (χ1n) is 45.5. The molecule has 0 aliphatic heterocycles. The smallest absolute Gasteiger partial charge is 0.190 e. The summed E-state index contributed by atoms with van der Waals surface area (Å²) < 4.78 is 67.6. The van der Waals surface area contributed by atoms with Gasteiger partial charge in [-0.2, -0.15) is 0 Å². The van der Waals surface area contributed by atoms with Gasteiger partial charge in [-0.05, 0) is 145 Å². The lowest BCUT2D eigenvalue weighted by Crippen LogP contribution is -2.04. The number of thiophene rings is 7. The molecule has 30 heteroatoms. The van der Waals surface area contributed by atoms with Crippen LogP contribution in [0.25, 0.3) is 150 Å². The van der Waals surface area contributed by atoms with Gasteiger partial charge in [0.05, 0.1) is 112 Å². The quantitative estimate of drug-likeness (QED) is 0.0269. The van der Waals surface area contributed by atoms with E-state index in [0.717, 1.165) is 197 Å². The number of nitrogens with zero attached hydrogens (tertiary/aromatic N) is 8. The molecule has 0 saturated heterocycles. The van der Waals surface area contributed by atoms with E-state index in [0.29, 0.717) is 43.5 Å². The summed E-state index contributed by atoms with van der Waals surface area (Å²) in [6, 6.07) is 89.4. The van der Waals surface area contributed by atoms with Crippen LogP contribution < -0.4 is 17.2 Å². The Kier molecular flexibility index (Phi) is 36.9.